The minimum Gasteiger partial charge on any atom is -0.466 e. The van der Waals surface area contributed by atoms with Gasteiger partial charge in [0.15, 0.2) is 0 Å². The molecular weight excluding hydrogens is 261 g/mol. The zero-order valence-corrected chi connectivity index (χ0v) is 11.5. The Morgan fingerprint density at radius 3 is 2.65 bits per heavy atom. The predicted molar refractivity (Wildman–Crippen MR) is 71.6 cm³/mol. The molecular formula is C12H17Cl2NO2. The Balaban J connectivity index is 0.00000256. The zero-order chi connectivity index (χ0) is 12.1. The zero-order valence-electron chi connectivity index (χ0n) is 9.90. The number of aryl methyl sites for hydroxylation is 1. The van der Waals surface area contributed by atoms with E-state index in [0.717, 1.165) is 11.1 Å². The SMILES string of the molecule is CCOC(=O)C[C@H](N)c1cc(C)cc(Cl)c1.Cl. The summed E-state index contributed by atoms with van der Waals surface area (Å²) >= 11 is 5.92. The fourth-order valence-electron chi connectivity index (χ4n) is 1.50. The Bertz CT molecular complexity index is 363. The van der Waals surface area contributed by atoms with Crippen LogP contribution in [0.25, 0.3) is 0 Å². The highest BCUT2D eigenvalue weighted by Crippen LogP contribution is 2.21. The molecule has 0 radical (unpaired) electrons. The monoisotopic (exact) mass is 277 g/mol. The van der Waals surface area contributed by atoms with E-state index < -0.39 is 0 Å². The van der Waals surface area contributed by atoms with E-state index in [0.29, 0.717) is 11.6 Å². The van der Waals surface area contributed by atoms with Crippen LogP contribution in [0, 0.1) is 6.92 Å². The van der Waals surface area contributed by atoms with E-state index in [4.69, 9.17) is 22.1 Å². The average Bonchev–Trinajstić information content (AvgIpc) is 2.16. The molecule has 0 aromatic heterocycles. The minimum absolute atomic E-state index is 0. The van der Waals surface area contributed by atoms with Gasteiger partial charge in [0.2, 0.25) is 0 Å². The second kappa shape index (κ2) is 7.54. The third kappa shape index (κ3) is 5.39. The number of benzene rings is 1. The molecule has 1 aromatic carbocycles. The van der Waals surface area contributed by atoms with Crippen LogP contribution in [0.15, 0.2) is 18.2 Å². The number of hydrogen-bond donors (Lipinski definition) is 1. The molecule has 0 saturated heterocycles. The summed E-state index contributed by atoms with van der Waals surface area (Å²) in [6.07, 6.45) is 0.174. The van der Waals surface area contributed by atoms with Crippen molar-refractivity contribution in [2.75, 3.05) is 6.61 Å². The standard InChI is InChI=1S/C12H16ClNO2.ClH/c1-3-16-12(15)7-11(14)9-4-8(2)5-10(13)6-9;/h4-6,11H,3,7,14H2,1-2H3;1H/t11-;/m0./s1. The van der Waals surface area contributed by atoms with Crippen molar-refractivity contribution in [1.82, 2.24) is 0 Å². The van der Waals surface area contributed by atoms with Crippen LogP contribution in [0.5, 0.6) is 0 Å². The third-order valence-electron chi connectivity index (χ3n) is 2.18. The fourth-order valence-corrected chi connectivity index (χ4v) is 1.79. The van der Waals surface area contributed by atoms with Crippen LogP contribution in [-0.2, 0) is 9.53 Å². The van der Waals surface area contributed by atoms with Crippen LogP contribution in [0.4, 0.5) is 0 Å². The fraction of sp³-hybridized carbons (Fsp3) is 0.417. The van der Waals surface area contributed by atoms with E-state index in [1.807, 2.05) is 19.1 Å². The summed E-state index contributed by atoms with van der Waals surface area (Å²) in [7, 11) is 0. The molecule has 0 saturated carbocycles. The summed E-state index contributed by atoms with van der Waals surface area (Å²) in [4.78, 5) is 11.3. The van der Waals surface area contributed by atoms with Gasteiger partial charge in [0.1, 0.15) is 0 Å². The van der Waals surface area contributed by atoms with E-state index in [-0.39, 0.29) is 30.8 Å². The molecule has 17 heavy (non-hydrogen) atoms. The van der Waals surface area contributed by atoms with Gasteiger partial charge in [-0.15, -0.1) is 12.4 Å². The number of halogens is 2. The lowest BCUT2D eigenvalue weighted by atomic mass is 10.0. The van der Waals surface area contributed by atoms with Crippen molar-refractivity contribution in [3.8, 4) is 0 Å². The van der Waals surface area contributed by atoms with Crippen LogP contribution in [0.1, 0.15) is 30.5 Å². The van der Waals surface area contributed by atoms with Crippen LogP contribution < -0.4 is 5.73 Å². The summed E-state index contributed by atoms with van der Waals surface area (Å²) in [5.41, 5.74) is 7.79. The van der Waals surface area contributed by atoms with Crippen molar-refractivity contribution in [1.29, 1.82) is 0 Å². The molecule has 0 fully saturated rings. The number of nitrogens with two attached hydrogens (primary N) is 1. The third-order valence-corrected chi connectivity index (χ3v) is 2.40. The molecule has 0 heterocycles. The van der Waals surface area contributed by atoms with Crippen LogP contribution >= 0.6 is 24.0 Å². The molecule has 0 aliphatic rings. The van der Waals surface area contributed by atoms with Crippen LogP contribution in [0.3, 0.4) is 0 Å². The van der Waals surface area contributed by atoms with Gasteiger partial charge < -0.3 is 10.5 Å². The molecule has 0 aliphatic heterocycles. The van der Waals surface area contributed by atoms with Gasteiger partial charge in [-0.05, 0) is 37.1 Å². The normalized spacial score (nSPS) is 11.5. The molecule has 0 spiro atoms. The van der Waals surface area contributed by atoms with Gasteiger partial charge in [0.25, 0.3) is 0 Å². The molecule has 3 nitrogen and oxygen atoms in total. The molecule has 0 amide bonds. The average molecular weight is 278 g/mol. The Hall–Kier alpha value is -0.770. The number of rotatable bonds is 4. The predicted octanol–water partition coefficient (Wildman–Crippen LogP) is 3.02. The molecule has 0 unspecified atom stereocenters. The molecule has 5 heteroatoms. The van der Waals surface area contributed by atoms with E-state index in [1.165, 1.54) is 0 Å². The highest BCUT2D eigenvalue weighted by Gasteiger charge is 2.13. The highest BCUT2D eigenvalue weighted by molar-refractivity contribution is 6.30. The second-order valence-corrected chi connectivity index (χ2v) is 4.11. The number of carbonyl (C=O) groups is 1. The molecule has 1 atom stereocenters. The summed E-state index contributed by atoms with van der Waals surface area (Å²) < 4.78 is 4.84. The van der Waals surface area contributed by atoms with Crippen molar-refractivity contribution >= 4 is 30.0 Å². The van der Waals surface area contributed by atoms with E-state index in [9.17, 15) is 4.79 Å². The maximum Gasteiger partial charge on any atom is 0.307 e. The van der Waals surface area contributed by atoms with Gasteiger partial charge in [-0.2, -0.15) is 0 Å². The van der Waals surface area contributed by atoms with Gasteiger partial charge in [-0.3, -0.25) is 4.79 Å². The van der Waals surface area contributed by atoms with Crippen LogP contribution in [-0.4, -0.2) is 12.6 Å². The summed E-state index contributed by atoms with van der Waals surface area (Å²) in [5.74, 6) is -0.285. The molecule has 1 rings (SSSR count). The van der Waals surface area contributed by atoms with Gasteiger partial charge in [-0.25, -0.2) is 0 Å². The largest absolute Gasteiger partial charge is 0.466 e. The Morgan fingerprint density at radius 2 is 2.12 bits per heavy atom. The topological polar surface area (TPSA) is 52.3 Å². The summed E-state index contributed by atoms with van der Waals surface area (Å²) in [6, 6.07) is 5.19. The first-order valence-electron chi connectivity index (χ1n) is 5.21. The first-order valence-corrected chi connectivity index (χ1v) is 5.59. The summed E-state index contributed by atoms with van der Waals surface area (Å²) in [6.45, 7) is 4.08. The van der Waals surface area contributed by atoms with E-state index >= 15 is 0 Å². The van der Waals surface area contributed by atoms with Gasteiger partial charge >= 0.3 is 5.97 Å². The Morgan fingerprint density at radius 1 is 1.47 bits per heavy atom. The molecule has 96 valence electrons. The van der Waals surface area contributed by atoms with E-state index in [2.05, 4.69) is 0 Å². The van der Waals surface area contributed by atoms with Gasteiger partial charge in [-0.1, -0.05) is 17.7 Å². The number of esters is 1. The lowest BCUT2D eigenvalue weighted by Crippen LogP contribution is -2.17. The van der Waals surface area contributed by atoms with Crippen molar-refractivity contribution in [3.05, 3.63) is 34.3 Å². The minimum atomic E-state index is -0.364. The lowest BCUT2D eigenvalue weighted by molar-refractivity contribution is -0.143. The maximum atomic E-state index is 11.3. The second-order valence-electron chi connectivity index (χ2n) is 3.68. The first kappa shape index (κ1) is 16.2. The van der Waals surface area contributed by atoms with Gasteiger partial charge in [0.05, 0.1) is 13.0 Å². The summed E-state index contributed by atoms with van der Waals surface area (Å²) in [5, 5.41) is 0.634. The smallest absolute Gasteiger partial charge is 0.307 e. The van der Waals surface area contributed by atoms with Crippen molar-refractivity contribution in [3.63, 3.8) is 0 Å². The number of carbonyl (C=O) groups excluding carboxylic acids is 1. The number of hydrogen-bond acceptors (Lipinski definition) is 3. The molecule has 2 N–H and O–H groups in total. The van der Waals surface area contributed by atoms with Gasteiger partial charge in [0, 0.05) is 11.1 Å². The van der Waals surface area contributed by atoms with Crippen LogP contribution in [0.2, 0.25) is 5.02 Å². The molecule has 0 bridgehead atoms. The van der Waals surface area contributed by atoms with Crippen molar-refractivity contribution in [2.45, 2.75) is 26.3 Å². The molecule has 0 aliphatic carbocycles. The molecule has 1 aromatic rings. The lowest BCUT2D eigenvalue weighted by Gasteiger charge is -2.12. The Kier molecular flexibility index (Phi) is 7.19. The van der Waals surface area contributed by atoms with E-state index in [1.54, 1.807) is 13.0 Å². The van der Waals surface area contributed by atoms with Crippen molar-refractivity contribution in [2.24, 2.45) is 5.73 Å². The highest BCUT2D eigenvalue weighted by atomic mass is 35.5. The van der Waals surface area contributed by atoms with Crippen molar-refractivity contribution < 1.29 is 9.53 Å². The number of ether oxygens (including phenoxy) is 1. The quantitative estimate of drug-likeness (QED) is 0.861. The first-order chi connectivity index (χ1) is 7.52. The maximum absolute atomic E-state index is 11.3. The Labute approximate surface area is 113 Å².